The Morgan fingerprint density at radius 2 is 1.93 bits per heavy atom. The number of rotatable bonds is 3. The molecule has 0 aromatic heterocycles. The summed E-state index contributed by atoms with van der Waals surface area (Å²) in [4.78, 5) is 11.0. The Kier molecular flexibility index (Phi) is 3.10. The highest BCUT2D eigenvalue weighted by molar-refractivity contribution is 7.71. The van der Waals surface area contributed by atoms with E-state index >= 15 is 0 Å². The number of nitrogens with two attached hydrogens (primary N) is 1. The largest absolute Gasteiger partial charge is 0.395 e. The fourth-order valence-electron chi connectivity index (χ4n) is 1.50. The molecule has 1 aromatic carbocycles. The SMILES string of the molecule is CC(C)(C)CCCc1c(N)c(=O)c1=S. The van der Waals surface area contributed by atoms with Gasteiger partial charge in [-0.3, -0.25) is 4.79 Å². The van der Waals surface area contributed by atoms with Crippen molar-refractivity contribution in [3.05, 3.63) is 20.3 Å². The van der Waals surface area contributed by atoms with Gasteiger partial charge in [-0.1, -0.05) is 33.0 Å². The lowest BCUT2D eigenvalue weighted by Gasteiger charge is -2.18. The summed E-state index contributed by atoms with van der Waals surface area (Å²) in [5.41, 5.74) is 7.06. The molecule has 3 heteroatoms. The summed E-state index contributed by atoms with van der Waals surface area (Å²) in [5, 5.41) is 0. The van der Waals surface area contributed by atoms with Gasteiger partial charge in [-0.05, 0) is 24.7 Å². The molecular weight excluding hydrogens is 194 g/mol. The van der Waals surface area contributed by atoms with Crippen molar-refractivity contribution in [2.45, 2.75) is 40.0 Å². The molecule has 0 aliphatic heterocycles. The summed E-state index contributed by atoms with van der Waals surface area (Å²) < 4.78 is 0.455. The molecule has 0 spiro atoms. The van der Waals surface area contributed by atoms with E-state index in [1.807, 2.05) is 0 Å². The summed E-state index contributed by atoms with van der Waals surface area (Å²) in [5.74, 6) is 0. The molecule has 1 rings (SSSR count). The molecule has 2 N–H and O–H groups in total. The van der Waals surface area contributed by atoms with Crippen LogP contribution in [0.1, 0.15) is 39.2 Å². The highest BCUT2D eigenvalue weighted by atomic mass is 32.1. The highest BCUT2D eigenvalue weighted by Crippen LogP contribution is 2.23. The lowest BCUT2D eigenvalue weighted by atomic mass is 9.88. The topological polar surface area (TPSA) is 43.1 Å². The van der Waals surface area contributed by atoms with Crippen LogP contribution in [-0.2, 0) is 6.42 Å². The molecule has 0 unspecified atom stereocenters. The number of nitrogen functional groups attached to an aromatic ring is 1. The molecule has 0 saturated carbocycles. The number of hydrogen-bond donors (Lipinski definition) is 1. The number of anilines is 1. The van der Waals surface area contributed by atoms with Crippen molar-refractivity contribution < 1.29 is 0 Å². The maximum atomic E-state index is 11.0. The van der Waals surface area contributed by atoms with Gasteiger partial charge in [0, 0.05) is 5.56 Å². The maximum absolute atomic E-state index is 11.0. The Bertz CT molecular complexity index is 394. The van der Waals surface area contributed by atoms with E-state index in [4.69, 9.17) is 18.0 Å². The average molecular weight is 211 g/mol. The van der Waals surface area contributed by atoms with Gasteiger partial charge in [0.2, 0.25) is 5.43 Å². The zero-order chi connectivity index (χ0) is 10.9. The van der Waals surface area contributed by atoms with Crippen LogP contribution in [-0.4, -0.2) is 0 Å². The van der Waals surface area contributed by atoms with Crippen molar-refractivity contribution in [1.82, 2.24) is 0 Å². The predicted molar refractivity (Wildman–Crippen MR) is 62.7 cm³/mol. The van der Waals surface area contributed by atoms with E-state index in [2.05, 4.69) is 20.8 Å². The minimum absolute atomic E-state index is 0.134. The Labute approximate surface area is 89.8 Å². The van der Waals surface area contributed by atoms with Crippen molar-refractivity contribution in [3.8, 4) is 0 Å². The molecule has 2 nitrogen and oxygen atoms in total. The van der Waals surface area contributed by atoms with Gasteiger partial charge in [0.1, 0.15) is 0 Å². The quantitative estimate of drug-likeness (QED) is 0.781. The molecule has 0 fully saturated rings. The molecule has 0 aliphatic rings. The van der Waals surface area contributed by atoms with Crippen LogP contribution in [0.4, 0.5) is 5.69 Å². The minimum Gasteiger partial charge on any atom is -0.395 e. The Hall–Kier alpha value is -0.700. The van der Waals surface area contributed by atoms with Crippen LogP contribution in [0.3, 0.4) is 0 Å². The third-order valence-corrected chi connectivity index (χ3v) is 2.84. The third kappa shape index (κ3) is 2.41. The lowest BCUT2D eigenvalue weighted by molar-refractivity contribution is 0.365. The Morgan fingerprint density at radius 1 is 1.36 bits per heavy atom. The predicted octanol–water partition coefficient (Wildman–Crippen LogP) is 2.60. The van der Waals surface area contributed by atoms with Gasteiger partial charge in [-0.15, -0.1) is 0 Å². The van der Waals surface area contributed by atoms with E-state index < -0.39 is 0 Å². The van der Waals surface area contributed by atoms with Gasteiger partial charge in [0.05, 0.1) is 10.2 Å². The van der Waals surface area contributed by atoms with E-state index in [0.717, 1.165) is 24.8 Å². The molecule has 14 heavy (non-hydrogen) atoms. The van der Waals surface area contributed by atoms with Gasteiger partial charge >= 0.3 is 0 Å². The van der Waals surface area contributed by atoms with Crippen LogP contribution in [0, 0.1) is 9.93 Å². The van der Waals surface area contributed by atoms with Crippen molar-refractivity contribution >= 4 is 17.9 Å². The first-order valence-corrected chi connectivity index (χ1v) is 5.31. The van der Waals surface area contributed by atoms with E-state index in [-0.39, 0.29) is 5.43 Å². The molecule has 0 atom stereocenters. The van der Waals surface area contributed by atoms with Crippen molar-refractivity contribution in [2.24, 2.45) is 5.41 Å². The second kappa shape index (κ2) is 3.81. The van der Waals surface area contributed by atoms with Gasteiger partial charge in [0.25, 0.3) is 0 Å². The second-order valence-electron chi connectivity index (χ2n) is 4.96. The molecular formula is C11H17NOS. The molecule has 0 saturated heterocycles. The normalized spacial score (nSPS) is 12.2. The first kappa shape index (κ1) is 11.4. The van der Waals surface area contributed by atoms with Gasteiger partial charge < -0.3 is 5.73 Å². The van der Waals surface area contributed by atoms with Gasteiger partial charge in [0.15, 0.2) is 0 Å². The Balaban J connectivity index is 2.49. The van der Waals surface area contributed by atoms with Crippen LogP contribution in [0.5, 0.6) is 0 Å². The molecule has 1 aromatic rings. The first-order valence-electron chi connectivity index (χ1n) is 4.90. The van der Waals surface area contributed by atoms with E-state index in [1.165, 1.54) is 0 Å². The zero-order valence-electron chi connectivity index (χ0n) is 9.02. The second-order valence-corrected chi connectivity index (χ2v) is 5.37. The monoisotopic (exact) mass is 211 g/mol. The van der Waals surface area contributed by atoms with Crippen LogP contribution in [0.2, 0.25) is 0 Å². The average Bonchev–Trinajstić information content (AvgIpc) is 2.09. The standard InChI is InChI=1S/C11H17NOS/c1-11(2,3)6-4-5-7-8(12)9(13)10(7)14/h4-6,12H2,1-3H3. The molecule has 0 amide bonds. The van der Waals surface area contributed by atoms with Crippen LogP contribution < -0.4 is 11.2 Å². The van der Waals surface area contributed by atoms with Crippen molar-refractivity contribution in [3.63, 3.8) is 0 Å². The van der Waals surface area contributed by atoms with Crippen LogP contribution in [0.25, 0.3) is 0 Å². The summed E-state index contributed by atoms with van der Waals surface area (Å²) in [6.07, 6.45) is 3.03. The third-order valence-electron chi connectivity index (χ3n) is 2.40. The van der Waals surface area contributed by atoms with Gasteiger partial charge in [-0.2, -0.15) is 0 Å². The fraction of sp³-hybridized carbons (Fsp3) is 0.636. The van der Waals surface area contributed by atoms with E-state index in [9.17, 15) is 4.79 Å². The van der Waals surface area contributed by atoms with E-state index in [0.29, 0.717) is 15.6 Å². The maximum Gasteiger partial charge on any atom is 0.220 e. The minimum atomic E-state index is -0.134. The van der Waals surface area contributed by atoms with Crippen LogP contribution in [0.15, 0.2) is 4.79 Å². The zero-order valence-corrected chi connectivity index (χ0v) is 9.83. The summed E-state index contributed by atoms with van der Waals surface area (Å²) >= 11 is 4.92. The summed E-state index contributed by atoms with van der Waals surface area (Å²) in [6, 6.07) is 0. The molecule has 0 bridgehead atoms. The van der Waals surface area contributed by atoms with Crippen LogP contribution >= 0.6 is 12.2 Å². The molecule has 0 heterocycles. The summed E-state index contributed by atoms with van der Waals surface area (Å²) in [6.45, 7) is 6.61. The van der Waals surface area contributed by atoms with E-state index in [1.54, 1.807) is 0 Å². The molecule has 0 radical (unpaired) electrons. The summed E-state index contributed by atoms with van der Waals surface area (Å²) in [7, 11) is 0. The molecule has 0 aliphatic carbocycles. The smallest absolute Gasteiger partial charge is 0.220 e. The van der Waals surface area contributed by atoms with Gasteiger partial charge in [-0.25, -0.2) is 0 Å². The fourth-order valence-corrected chi connectivity index (χ4v) is 1.82. The van der Waals surface area contributed by atoms with Crippen molar-refractivity contribution in [1.29, 1.82) is 0 Å². The number of hydrogen-bond acceptors (Lipinski definition) is 3. The molecule has 78 valence electrons. The first-order chi connectivity index (χ1) is 6.33. The van der Waals surface area contributed by atoms with Crippen molar-refractivity contribution in [2.75, 3.05) is 5.73 Å². The lowest BCUT2D eigenvalue weighted by Crippen LogP contribution is -2.20. The highest BCUT2D eigenvalue weighted by Gasteiger charge is 2.15. The Morgan fingerprint density at radius 3 is 2.36 bits per heavy atom.